The van der Waals surface area contributed by atoms with Crippen molar-refractivity contribution in [3.63, 3.8) is 0 Å². The molecule has 4 fully saturated rings. The molecule has 1 atom stereocenters. The van der Waals surface area contributed by atoms with Gasteiger partial charge in [-0.2, -0.15) is 0 Å². The zero-order valence-corrected chi connectivity index (χ0v) is 22.5. The summed E-state index contributed by atoms with van der Waals surface area (Å²) in [6.07, 6.45) is 28.2. The lowest BCUT2D eigenvalue weighted by molar-refractivity contribution is 0.213. The first-order chi connectivity index (χ1) is 17.9. The molecule has 6 aliphatic rings. The molecule has 4 saturated carbocycles. The molecular weight excluding hydrogens is 434 g/mol. The smallest absolute Gasteiger partial charge is 0.0801 e. The molecule has 0 radical (unpaired) electrons. The summed E-state index contributed by atoms with van der Waals surface area (Å²) in [5.74, 6) is 2.46. The van der Waals surface area contributed by atoms with E-state index in [4.69, 9.17) is 0 Å². The molecule has 1 aromatic rings. The zero-order chi connectivity index (χ0) is 23.9. The Morgan fingerprint density at radius 1 is 0.556 bits per heavy atom. The molecule has 36 heavy (non-hydrogen) atoms. The molecule has 0 bridgehead atoms. The normalized spacial score (nSPS) is 29.1. The number of nitrogens with zero attached hydrogens (tertiary/aromatic N) is 1. The highest BCUT2D eigenvalue weighted by Crippen LogP contribution is 2.59. The molecule has 0 amide bonds. The quantitative estimate of drug-likeness (QED) is 0.391. The predicted octanol–water partition coefficient (Wildman–Crippen LogP) is 9.83. The number of hydrogen-bond acceptors (Lipinski definition) is 1. The van der Waals surface area contributed by atoms with Crippen LogP contribution < -0.4 is 0 Å². The number of allylic oxidation sites excluding steroid dienone is 4. The SMILES string of the molecule is C1=C(C2=C(C3CCCCC3)C(C3CCC3)=C(C3CCCC3)N(C3CC3)C2c2ccccc2)CCCC1. The topological polar surface area (TPSA) is 3.24 Å². The fraction of sp³-hybridized carbons (Fsp3) is 0.657. The minimum atomic E-state index is 0.458. The van der Waals surface area contributed by atoms with E-state index in [1.807, 2.05) is 22.4 Å². The standard InChI is InChI=1S/C35H47N/c1-4-13-25(14-5-1)31-32(26-15-6-2-7-16-26)34(28-17-8-3-9-18-28)36(30-23-24-30)35(29-19-10-11-20-29)33(31)27-21-12-22-27/h3,8-9,15,17-18,25,27,29-30,34H,1-2,4-7,10-14,16,19-24H2. The summed E-state index contributed by atoms with van der Waals surface area (Å²) < 4.78 is 0. The van der Waals surface area contributed by atoms with E-state index in [9.17, 15) is 0 Å². The molecule has 1 aliphatic heterocycles. The molecule has 1 aromatic carbocycles. The molecule has 0 aromatic heterocycles. The summed E-state index contributed by atoms with van der Waals surface area (Å²) in [5.41, 5.74) is 10.9. The lowest BCUT2D eigenvalue weighted by atomic mass is 9.64. The highest BCUT2D eigenvalue weighted by molar-refractivity contribution is 5.58. The summed E-state index contributed by atoms with van der Waals surface area (Å²) in [7, 11) is 0. The third-order valence-electron chi connectivity index (χ3n) is 10.6. The second-order valence-electron chi connectivity index (χ2n) is 13.0. The Bertz CT molecular complexity index is 1020. The van der Waals surface area contributed by atoms with Crippen LogP contribution in [0.25, 0.3) is 0 Å². The number of hydrogen-bond donors (Lipinski definition) is 0. The first-order valence-corrected chi connectivity index (χ1v) is 15.9. The Kier molecular flexibility index (Phi) is 6.61. The molecule has 5 aliphatic carbocycles. The monoisotopic (exact) mass is 481 g/mol. The minimum Gasteiger partial charge on any atom is -0.360 e. The largest absolute Gasteiger partial charge is 0.360 e. The molecular formula is C35H47N. The average molecular weight is 482 g/mol. The predicted molar refractivity (Wildman–Crippen MR) is 151 cm³/mol. The van der Waals surface area contributed by atoms with Gasteiger partial charge in [-0.1, -0.05) is 74.9 Å². The van der Waals surface area contributed by atoms with Gasteiger partial charge < -0.3 is 4.90 Å². The number of benzene rings is 1. The second kappa shape index (κ2) is 10.2. The van der Waals surface area contributed by atoms with Crippen LogP contribution in [0.15, 0.2) is 64.4 Å². The molecule has 1 unspecified atom stereocenters. The van der Waals surface area contributed by atoms with Crippen LogP contribution in [-0.2, 0) is 0 Å². The molecule has 0 spiro atoms. The van der Waals surface area contributed by atoms with Crippen molar-refractivity contribution in [1.29, 1.82) is 0 Å². The molecule has 192 valence electrons. The van der Waals surface area contributed by atoms with Crippen LogP contribution in [0, 0.1) is 17.8 Å². The van der Waals surface area contributed by atoms with E-state index in [0.29, 0.717) is 6.04 Å². The lowest BCUT2D eigenvalue weighted by Gasteiger charge is -2.51. The molecule has 1 heterocycles. The van der Waals surface area contributed by atoms with Gasteiger partial charge in [0.15, 0.2) is 0 Å². The molecule has 1 nitrogen and oxygen atoms in total. The van der Waals surface area contributed by atoms with Gasteiger partial charge in [0.25, 0.3) is 0 Å². The van der Waals surface area contributed by atoms with Gasteiger partial charge in [-0.3, -0.25) is 0 Å². The highest BCUT2D eigenvalue weighted by atomic mass is 15.2. The van der Waals surface area contributed by atoms with E-state index in [2.05, 4.69) is 41.3 Å². The van der Waals surface area contributed by atoms with Gasteiger partial charge in [0.2, 0.25) is 0 Å². The van der Waals surface area contributed by atoms with Crippen molar-refractivity contribution in [2.45, 2.75) is 128 Å². The van der Waals surface area contributed by atoms with Crippen LogP contribution in [0.2, 0.25) is 0 Å². The maximum Gasteiger partial charge on any atom is 0.0801 e. The maximum absolute atomic E-state index is 3.09. The second-order valence-corrected chi connectivity index (χ2v) is 13.0. The van der Waals surface area contributed by atoms with Gasteiger partial charge in [-0.15, -0.1) is 0 Å². The van der Waals surface area contributed by atoms with Crippen molar-refractivity contribution in [2.75, 3.05) is 0 Å². The van der Waals surface area contributed by atoms with Crippen LogP contribution >= 0.6 is 0 Å². The van der Waals surface area contributed by atoms with Crippen molar-refractivity contribution in [3.8, 4) is 0 Å². The van der Waals surface area contributed by atoms with Crippen molar-refractivity contribution < 1.29 is 0 Å². The maximum atomic E-state index is 3.09. The summed E-state index contributed by atoms with van der Waals surface area (Å²) in [5, 5.41) is 0. The van der Waals surface area contributed by atoms with Crippen molar-refractivity contribution in [2.24, 2.45) is 17.8 Å². The third-order valence-corrected chi connectivity index (χ3v) is 10.6. The van der Waals surface area contributed by atoms with Gasteiger partial charge >= 0.3 is 0 Å². The summed E-state index contributed by atoms with van der Waals surface area (Å²) in [6.45, 7) is 0. The van der Waals surface area contributed by atoms with E-state index < -0.39 is 0 Å². The van der Waals surface area contributed by atoms with Gasteiger partial charge in [-0.05, 0) is 123 Å². The van der Waals surface area contributed by atoms with Crippen molar-refractivity contribution in [1.82, 2.24) is 4.90 Å². The van der Waals surface area contributed by atoms with E-state index in [-0.39, 0.29) is 0 Å². The van der Waals surface area contributed by atoms with Gasteiger partial charge in [0.1, 0.15) is 0 Å². The fourth-order valence-corrected chi connectivity index (χ4v) is 8.59. The Morgan fingerprint density at radius 3 is 1.86 bits per heavy atom. The molecule has 7 rings (SSSR count). The Balaban J connectivity index is 1.51. The van der Waals surface area contributed by atoms with Crippen LogP contribution in [0.5, 0.6) is 0 Å². The number of rotatable bonds is 6. The van der Waals surface area contributed by atoms with Crippen LogP contribution in [0.4, 0.5) is 0 Å². The van der Waals surface area contributed by atoms with Gasteiger partial charge in [0, 0.05) is 11.7 Å². The van der Waals surface area contributed by atoms with E-state index in [1.54, 1.807) is 11.1 Å². The first-order valence-electron chi connectivity index (χ1n) is 15.9. The minimum absolute atomic E-state index is 0.458. The van der Waals surface area contributed by atoms with Crippen molar-refractivity contribution >= 4 is 0 Å². The molecule has 1 heteroatoms. The van der Waals surface area contributed by atoms with Gasteiger partial charge in [-0.25, -0.2) is 0 Å². The lowest BCUT2D eigenvalue weighted by Crippen LogP contribution is -2.42. The Morgan fingerprint density at radius 2 is 1.22 bits per heavy atom. The summed E-state index contributed by atoms with van der Waals surface area (Å²) in [6, 6.07) is 13.0. The van der Waals surface area contributed by atoms with Crippen LogP contribution in [0.1, 0.15) is 127 Å². The fourth-order valence-electron chi connectivity index (χ4n) is 8.59. The van der Waals surface area contributed by atoms with E-state index in [0.717, 1.165) is 23.8 Å². The van der Waals surface area contributed by atoms with Crippen LogP contribution in [-0.4, -0.2) is 10.9 Å². The van der Waals surface area contributed by atoms with E-state index in [1.165, 1.54) is 116 Å². The van der Waals surface area contributed by atoms with Crippen molar-refractivity contribution in [3.05, 3.63) is 70.0 Å². The average Bonchev–Trinajstić information content (AvgIpc) is 3.61. The summed E-state index contributed by atoms with van der Waals surface area (Å²) >= 11 is 0. The Hall–Kier alpha value is -1.76. The molecule has 0 N–H and O–H groups in total. The van der Waals surface area contributed by atoms with Crippen LogP contribution in [0.3, 0.4) is 0 Å². The molecule has 0 saturated heterocycles. The Labute approximate surface area is 220 Å². The first kappa shape index (κ1) is 23.4. The zero-order valence-electron chi connectivity index (χ0n) is 22.5. The van der Waals surface area contributed by atoms with Gasteiger partial charge in [0.05, 0.1) is 6.04 Å². The third kappa shape index (κ3) is 4.23. The summed E-state index contributed by atoms with van der Waals surface area (Å²) in [4.78, 5) is 3.09. The van der Waals surface area contributed by atoms with E-state index >= 15 is 0 Å². The highest BCUT2D eigenvalue weighted by Gasteiger charge is 2.48.